The molecule has 0 spiro atoms. The monoisotopic (exact) mass is 381 g/mol. The highest BCUT2D eigenvalue weighted by Gasteiger charge is 2.22. The van der Waals surface area contributed by atoms with Gasteiger partial charge < -0.3 is 9.64 Å². The van der Waals surface area contributed by atoms with Crippen molar-refractivity contribution < 1.29 is 9.13 Å². The fourth-order valence-electron chi connectivity index (χ4n) is 3.30. The maximum absolute atomic E-state index is 13.2. The Bertz CT molecular complexity index is 1010. The second-order valence-corrected chi connectivity index (χ2v) is 6.62. The molecule has 0 aliphatic carbocycles. The van der Waals surface area contributed by atoms with E-state index in [1.54, 1.807) is 31.4 Å². The first kappa shape index (κ1) is 18.2. The van der Waals surface area contributed by atoms with Gasteiger partial charge in [0.15, 0.2) is 0 Å². The predicted octanol–water partition coefficient (Wildman–Crippen LogP) is 2.34. The average molecular weight is 381 g/mol. The first-order valence-electron chi connectivity index (χ1n) is 9.08. The standard InChI is InChI=1S/C20H20FN5O2/c1-25-19(27)12-17(16-6-8-22-13-23-16)24-20(25)26-9-7-18(28-11-10-26)14-2-4-15(21)5-3-14/h2-6,8,12-13,18H,7,9-11H2,1H3. The van der Waals surface area contributed by atoms with Crippen molar-refractivity contribution in [2.45, 2.75) is 12.5 Å². The number of benzene rings is 1. The van der Waals surface area contributed by atoms with Gasteiger partial charge in [-0.2, -0.15) is 0 Å². The third kappa shape index (κ3) is 3.77. The highest BCUT2D eigenvalue weighted by molar-refractivity contribution is 5.55. The smallest absolute Gasteiger partial charge is 0.255 e. The molecule has 2 aromatic heterocycles. The Balaban J connectivity index is 1.60. The maximum Gasteiger partial charge on any atom is 0.255 e. The van der Waals surface area contributed by atoms with Crippen molar-refractivity contribution in [3.63, 3.8) is 0 Å². The molecule has 4 rings (SSSR count). The van der Waals surface area contributed by atoms with Gasteiger partial charge in [-0.25, -0.2) is 19.3 Å². The van der Waals surface area contributed by atoms with Gasteiger partial charge in [0.05, 0.1) is 24.1 Å². The second kappa shape index (κ2) is 7.85. The second-order valence-electron chi connectivity index (χ2n) is 6.62. The summed E-state index contributed by atoms with van der Waals surface area (Å²) < 4.78 is 20.7. The fourth-order valence-corrected chi connectivity index (χ4v) is 3.30. The molecule has 1 unspecified atom stereocenters. The SMILES string of the molecule is Cn1c(N2CCOC(c3ccc(F)cc3)CC2)nc(-c2ccncn2)cc1=O. The van der Waals surface area contributed by atoms with Crippen molar-refractivity contribution in [2.24, 2.45) is 7.05 Å². The van der Waals surface area contributed by atoms with Crippen LogP contribution in [0.15, 0.2) is 53.7 Å². The summed E-state index contributed by atoms with van der Waals surface area (Å²) in [5.74, 6) is 0.309. The Labute approximate surface area is 161 Å². The lowest BCUT2D eigenvalue weighted by molar-refractivity contribution is 0.0647. The summed E-state index contributed by atoms with van der Waals surface area (Å²) in [4.78, 5) is 27.3. The minimum absolute atomic E-state index is 0.118. The molecule has 7 nitrogen and oxygen atoms in total. The number of ether oxygens (including phenoxy) is 1. The molecule has 8 heteroatoms. The van der Waals surface area contributed by atoms with E-state index in [4.69, 9.17) is 4.74 Å². The van der Waals surface area contributed by atoms with Crippen LogP contribution in [0.2, 0.25) is 0 Å². The molecule has 0 radical (unpaired) electrons. The Kier molecular flexibility index (Phi) is 5.12. The van der Waals surface area contributed by atoms with Gasteiger partial charge in [-0.05, 0) is 30.2 Å². The lowest BCUT2D eigenvalue weighted by atomic mass is 10.1. The van der Waals surface area contributed by atoms with Gasteiger partial charge in [0.1, 0.15) is 12.1 Å². The van der Waals surface area contributed by atoms with Crippen LogP contribution in [0, 0.1) is 5.82 Å². The molecular formula is C20H20FN5O2. The number of nitrogens with zero attached hydrogens (tertiary/aromatic N) is 5. The van der Waals surface area contributed by atoms with E-state index < -0.39 is 0 Å². The zero-order chi connectivity index (χ0) is 19.5. The zero-order valence-corrected chi connectivity index (χ0v) is 15.5. The van der Waals surface area contributed by atoms with Crippen LogP contribution in [0.1, 0.15) is 18.1 Å². The summed E-state index contributed by atoms with van der Waals surface area (Å²) in [7, 11) is 1.71. The van der Waals surface area contributed by atoms with Crippen LogP contribution < -0.4 is 10.5 Å². The Hall–Kier alpha value is -3.13. The fraction of sp³-hybridized carbons (Fsp3) is 0.300. The van der Waals surface area contributed by atoms with E-state index in [1.807, 2.05) is 4.90 Å². The molecule has 1 aliphatic heterocycles. The molecule has 1 aromatic carbocycles. The van der Waals surface area contributed by atoms with E-state index in [-0.39, 0.29) is 17.5 Å². The number of hydrogen-bond donors (Lipinski definition) is 0. The summed E-state index contributed by atoms with van der Waals surface area (Å²) in [5.41, 5.74) is 1.91. The highest BCUT2D eigenvalue weighted by Crippen LogP contribution is 2.26. The van der Waals surface area contributed by atoms with Crippen molar-refractivity contribution in [1.82, 2.24) is 19.5 Å². The molecule has 3 heterocycles. The van der Waals surface area contributed by atoms with Crippen molar-refractivity contribution in [1.29, 1.82) is 0 Å². The lowest BCUT2D eigenvalue weighted by Gasteiger charge is -2.23. The van der Waals surface area contributed by atoms with Crippen LogP contribution in [0.25, 0.3) is 11.4 Å². The number of hydrogen-bond acceptors (Lipinski definition) is 6. The first-order chi connectivity index (χ1) is 13.6. The van der Waals surface area contributed by atoms with E-state index in [0.29, 0.717) is 43.5 Å². The van der Waals surface area contributed by atoms with Gasteiger partial charge in [-0.3, -0.25) is 9.36 Å². The molecule has 28 heavy (non-hydrogen) atoms. The molecule has 3 aromatic rings. The van der Waals surface area contributed by atoms with Crippen LogP contribution >= 0.6 is 0 Å². The van der Waals surface area contributed by atoms with Crippen LogP contribution in [-0.4, -0.2) is 39.2 Å². The third-order valence-electron chi connectivity index (χ3n) is 4.82. The Morgan fingerprint density at radius 1 is 1.14 bits per heavy atom. The predicted molar refractivity (Wildman–Crippen MR) is 102 cm³/mol. The molecule has 144 valence electrons. The van der Waals surface area contributed by atoms with Gasteiger partial charge in [0.2, 0.25) is 5.95 Å². The van der Waals surface area contributed by atoms with Gasteiger partial charge in [0, 0.05) is 32.4 Å². The molecular weight excluding hydrogens is 361 g/mol. The topological polar surface area (TPSA) is 73.1 Å². The van der Waals surface area contributed by atoms with E-state index in [0.717, 1.165) is 5.56 Å². The van der Waals surface area contributed by atoms with Gasteiger partial charge in [-0.15, -0.1) is 0 Å². The van der Waals surface area contributed by atoms with Crippen molar-refractivity contribution in [3.8, 4) is 11.4 Å². The summed E-state index contributed by atoms with van der Waals surface area (Å²) >= 11 is 0. The van der Waals surface area contributed by atoms with E-state index >= 15 is 0 Å². The highest BCUT2D eigenvalue weighted by atomic mass is 19.1. The van der Waals surface area contributed by atoms with E-state index in [1.165, 1.54) is 29.1 Å². The summed E-state index contributed by atoms with van der Waals surface area (Å²) in [5, 5.41) is 0. The zero-order valence-electron chi connectivity index (χ0n) is 15.5. The minimum atomic E-state index is -0.264. The molecule has 1 atom stereocenters. The van der Waals surface area contributed by atoms with Gasteiger partial charge in [-0.1, -0.05) is 12.1 Å². The molecule has 0 N–H and O–H groups in total. The van der Waals surface area contributed by atoms with Gasteiger partial charge >= 0.3 is 0 Å². The number of rotatable bonds is 3. The molecule has 0 bridgehead atoms. The first-order valence-corrected chi connectivity index (χ1v) is 9.08. The maximum atomic E-state index is 13.2. The summed E-state index contributed by atoms with van der Waals surface area (Å²) in [6, 6.07) is 9.58. The molecule has 1 aliphatic rings. The van der Waals surface area contributed by atoms with Gasteiger partial charge in [0.25, 0.3) is 5.56 Å². The van der Waals surface area contributed by atoms with Crippen LogP contribution in [0.5, 0.6) is 0 Å². The van der Waals surface area contributed by atoms with E-state index in [2.05, 4.69) is 15.0 Å². The normalized spacial score (nSPS) is 17.4. The third-order valence-corrected chi connectivity index (χ3v) is 4.82. The molecule has 1 fully saturated rings. The Morgan fingerprint density at radius 3 is 2.71 bits per heavy atom. The van der Waals surface area contributed by atoms with Crippen molar-refractivity contribution in [2.75, 3.05) is 24.6 Å². The van der Waals surface area contributed by atoms with Crippen LogP contribution in [0.4, 0.5) is 10.3 Å². The number of anilines is 1. The summed E-state index contributed by atoms with van der Waals surface area (Å²) in [6.45, 7) is 1.75. The van der Waals surface area contributed by atoms with Crippen LogP contribution in [-0.2, 0) is 11.8 Å². The molecule has 0 amide bonds. The summed E-state index contributed by atoms with van der Waals surface area (Å²) in [6.07, 6.45) is 3.64. The van der Waals surface area contributed by atoms with Crippen molar-refractivity contribution >= 4 is 5.95 Å². The molecule has 1 saturated heterocycles. The quantitative estimate of drug-likeness (QED) is 0.693. The van der Waals surface area contributed by atoms with Crippen molar-refractivity contribution in [3.05, 3.63) is 70.7 Å². The average Bonchev–Trinajstić information content (AvgIpc) is 2.97. The molecule has 0 saturated carbocycles. The minimum Gasteiger partial charge on any atom is -0.372 e. The Morgan fingerprint density at radius 2 is 1.96 bits per heavy atom. The number of halogens is 1. The van der Waals surface area contributed by atoms with Crippen LogP contribution in [0.3, 0.4) is 0 Å². The van der Waals surface area contributed by atoms with E-state index in [9.17, 15) is 9.18 Å². The largest absolute Gasteiger partial charge is 0.372 e. The lowest BCUT2D eigenvalue weighted by Crippen LogP contribution is -2.33. The number of aromatic nitrogens is 4.